The zero-order valence-corrected chi connectivity index (χ0v) is 7.32. The Morgan fingerprint density at radius 2 is 2.33 bits per heavy atom. The Morgan fingerprint density at radius 3 is 2.75 bits per heavy atom. The topological polar surface area (TPSA) is 49.8 Å². The molecule has 0 saturated heterocycles. The highest BCUT2D eigenvalue weighted by atomic mass is 16.6. The molecule has 0 aromatic heterocycles. The summed E-state index contributed by atoms with van der Waals surface area (Å²) in [5.74, 6) is 0. The van der Waals surface area contributed by atoms with Gasteiger partial charge in [-0.25, -0.2) is 4.79 Å². The smallest absolute Gasteiger partial charge is 0.409 e. The van der Waals surface area contributed by atoms with Gasteiger partial charge in [0.05, 0.1) is 6.61 Å². The van der Waals surface area contributed by atoms with Crippen molar-refractivity contribution in [3.8, 4) is 0 Å². The van der Waals surface area contributed by atoms with Gasteiger partial charge in [-0.2, -0.15) is 0 Å². The summed E-state index contributed by atoms with van der Waals surface area (Å²) in [6.45, 7) is -0.0138. The first kappa shape index (κ1) is 9.32. The van der Waals surface area contributed by atoms with Crippen molar-refractivity contribution < 1.29 is 14.6 Å². The molecule has 0 aromatic rings. The van der Waals surface area contributed by atoms with Gasteiger partial charge in [-0.15, -0.1) is 0 Å². The van der Waals surface area contributed by atoms with E-state index in [4.69, 9.17) is 9.84 Å². The molecule has 0 atom stereocenters. The van der Waals surface area contributed by atoms with Crippen molar-refractivity contribution >= 4 is 6.09 Å². The van der Waals surface area contributed by atoms with E-state index in [2.05, 4.69) is 0 Å². The van der Waals surface area contributed by atoms with Crippen molar-refractivity contribution in [2.24, 2.45) is 0 Å². The van der Waals surface area contributed by atoms with E-state index in [1.54, 1.807) is 11.9 Å². The molecule has 0 aliphatic heterocycles. The van der Waals surface area contributed by atoms with E-state index in [1.807, 2.05) is 0 Å². The number of hydrogen-bond donors (Lipinski definition) is 1. The molecule has 1 rings (SSSR count). The highest BCUT2D eigenvalue weighted by Crippen LogP contribution is 2.23. The van der Waals surface area contributed by atoms with E-state index in [0.717, 1.165) is 12.8 Å². The molecule has 1 aliphatic carbocycles. The van der Waals surface area contributed by atoms with Gasteiger partial charge in [0.15, 0.2) is 0 Å². The van der Waals surface area contributed by atoms with Gasteiger partial charge in [0.1, 0.15) is 6.61 Å². The minimum Gasteiger partial charge on any atom is -0.447 e. The maximum Gasteiger partial charge on any atom is 0.409 e. The summed E-state index contributed by atoms with van der Waals surface area (Å²) >= 11 is 0. The maximum absolute atomic E-state index is 11.1. The van der Waals surface area contributed by atoms with Crippen molar-refractivity contribution in [2.45, 2.75) is 25.3 Å². The van der Waals surface area contributed by atoms with Crippen LogP contribution in [0, 0.1) is 0 Å². The highest BCUT2D eigenvalue weighted by Gasteiger charge is 2.26. The monoisotopic (exact) mass is 173 g/mol. The van der Waals surface area contributed by atoms with E-state index in [0.29, 0.717) is 6.04 Å². The second kappa shape index (κ2) is 4.30. The van der Waals surface area contributed by atoms with Gasteiger partial charge >= 0.3 is 6.09 Å². The summed E-state index contributed by atoms with van der Waals surface area (Å²) in [5.41, 5.74) is 0. The molecule has 4 heteroatoms. The average Bonchev–Trinajstić information content (AvgIpc) is 1.96. The Morgan fingerprint density at radius 1 is 1.67 bits per heavy atom. The number of aliphatic hydroxyl groups excluding tert-OH is 1. The van der Waals surface area contributed by atoms with Gasteiger partial charge in [0.2, 0.25) is 0 Å². The van der Waals surface area contributed by atoms with Crippen LogP contribution in [0.3, 0.4) is 0 Å². The fourth-order valence-electron chi connectivity index (χ4n) is 1.16. The lowest BCUT2D eigenvalue weighted by molar-refractivity contribution is 0.0667. The Hall–Kier alpha value is -0.770. The molecule has 1 aliphatic rings. The van der Waals surface area contributed by atoms with Crippen LogP contribution in [-0.4, -0.2) is 42.4 Å². The second-order valence-electron chi connectivity index (χ2n) is 3.03. The summed E-state index contributed by atoms with van der Waals surface area (Å²) in [6.07, 6.45) is 3.02. The van der Waals surface area contributed by atoms with Crippen LogP contribution in [0.5, 0.6) is 0 Å². The lowest BCUT2D eigenvalue weighted by Gasteiger charge is -2.33. The van der Waals surface area contributed by atoms with E-state index >= 15 is 0 Å². The van der Waals surface area contributed by atoms with Crippen molar-refractivity contribution in [1.82, 2.24) is 4.90 Å². The summed E-state index contributed by atoms with van der Waals surface area (Å²) in [6, 6.07) is 0.358. The largest absolute Gasteiger partial charge is 0.447 e. The molecule has 1 amide bonds. The van der Waals surface area contributed by atoms with Gasteiger partial charge in [-0.1, -0.05) is 0 Å². The normalized spacial score (nSPS) is 16.8. The number of carbonyl (C=O) groups is 1. The number of hydrogen-bond acceptors (Lipinski definition) is 3. The molecule has 1 N–H and O–H groups in total. The second-order valence-corrected chi connectivity index (χ2v) is 3.03. The van der Waals surface area contributed by atoms with Gasteiger partial charge in [-0.3, -0.25) is 0 Å². The van der Waals surface area contributed by atoms with Crippen LogP contribution in [0.15, 0.2) is 0 Å². The third kappa shape index (κ3) is 2.11. The third-order valence-corrected chi connectivity index (χ3v) is 2.23. The van der Waals surface area contributed by atoms with E-state index < -0.39 is 0 Å². The molecule has 0 spiro atoms. The molecule has 4 nitrogen and oxygen atoms in total. The van der Waals surface area contributed by atoms with Crippen LogP contribution in [0.1, 0.15) is 19.3 Å². The summed E-state index contributed by atoms with van der Waals surface area (Å²) in [5, 5.41) is 8.41. The highest BCUT2D eigenvalue weighted by molar-refractivity contribution is 5.67. The number of nitrogens with zero attached hydrogens (tertiary/aromatic N) is 1. The molecule has 1 saturated carbocycles. The minimum atomic E-state index is -0.325. The predicted octanol–water partition coefficient (Wildman–Crippen LogP) is 0.600. The third-order valence-electron chi connectivity index (χ3n) is 2.23. The number of carbonyl (C=O) groups excluding carboxylic acids is 1. The van der Waals surface area contributed by atoms with Gasteiger partial charge in [-0.05, 0) is 19.3 Å². The molecule has 1 fully saturated rings. The van der Waals surface area contributed by atoms with Gasteiger partial charge in [0, 0.05) is 13.1 Å². The molecule has 0 heterocycles. The molecular formula is C8H15NO3. The molecule has 0 bridgehead atoms. The Bertz CT molecular complexity index is 156. The minimum absolute atomic E-state index is 0.0931. The number of amides is 1. The number of rotatable bonds is 3. The average molecular weight is 173 g/mol. The summed E-state index contributed by atoms with van der Waals surface area (Å²) in [4.78, 5) is 12.7. The van der Waals surface area contributed by atoms with Gasteiger partial charge < -0.3 is 14.7 Å². The summed E-state index contributed by atoms with van der Waals surface area (Å²) in [7, 11) is 1.74. The van der Waals surface area contributed by atoms with E-state index in [1.165, 1.54) is 6.42 Å². The Labute approximate surface area is 72.1 Å². The van der Waals surface area contributed by atoms with E-state index in [9.17, 15) is 4.79 Å². The fourth-order valence-corrected chi connectivity index (χ4v) is 1.16. The van der Waals surface area contributed by atoms with Crippen LogP contribution in [0.25, 0.3) is 0 Å². The lowest BCUT2D eigenvalue weighted by Crippen LogP contribution is -2.41. The van der Waals surface area contributed by atoms with Crippen LogP contribution in [0.2, 0.25) is 0 Å². The van der Waals surface area contributed by atoms with Crippen molar-refractivity contribution in [2.75, 3.05) is 20.3 Å². The summed E-state index contributed by atoms with van der Waals surface area (Å²) < 4.78 is 4.75. The molecule has 12 heavy (non-hydrogen) atoms. The van der Waals surface area contributed by atoms with Gasteiger partial charge in [0.25, 0.3) is 0 Å². The van der Waals surface area contributed by atoms with Crippen LogP contribution >= 0.6 is 0 Å². The molecule has 70 valence electrons. The van der Waals surface area contributed by atoms with Crippen LogP contribution in [-0.2, 0) is 4.74 Å². The fraction of sp³-hybridized carbons (Fsp3) is 0.875. The zero-order chi connectivity index (χ0) is 8.97. The SMILES string of the molecule is CN(C(=O)OCCO)C1CCC1. The molecule has 0 radical (unpaired) electrons. The standard InChI is InChI=1S/C8H15NO3/c1-9(7-3-2-4-7)8(11)12-6-5-10/h7,10H,2-6H2,1H3. The quantitative estimate of drug-likeness (QED) is 0.680. The molecule has 0 unspecified atom stereocenters. The first-order valence-electron chi connectivity index (χ1n) is 4.26. The first-order valence-corrected chi connectivity index (χ1v) is 4.26. The molecular weight excluding hydrogens is 158 g/mol. The number of ether oxygens (including phenoxy) is 1. The van der Waals surface area contributed by atoms with Crippen molar-refractivity contribution in [1.29, 1.82) is 0 Å². The predicted molar refractivity (Wildman–Crippen MR) is 43.8 cm³/mol. The maximum atomic E-state index is 11.1. The number of aliphatic hydroxyl groups is 1. The Kier molecular flexibility index (Phi) is 3.34. The zero-order valence-electron chi connectivity index (χ0n) is 7.32. The van der Waals surface area contributed by atoms with Crippen molar-refractivity contribution in [3.05, 3.63) is 0 Å². The van der Waals surface area contributed by atoms with Crippen LogP contribution in [0.4, 0.5) is 4.79 Å². The van der Waals surface area contributed by atoms with E-state index in [-0.39, 0.29) is 19.3 Å². The first-order chi connectivity index (χ1) is 5.75. The van der Waals surface area contributed by atoms with Crippen molar-refractivity contribution in [3.63, 3.8) is 0 Å². The lowest BCUT2D eigenvalue weighted by atomic mass is 9.92. The molecule has 0 aromatic carbocycles. The Balaban J connectivity index is 2.20. The van der Waals surface area contributed by atoms with Crippen LogP contribution < -0.4 is 0 Å².